The van der Waals surface area contributed by atoms with Crippen LogP contribution in [0.2, 0.25) is 0 Å². The van der Waals surface area contributed by atoms with Crippen molar-refractivity contribution in [3.8, 4) is 0 Å². The predicted octanol–water partition coefficient (Wildman–Crippen LogP) is 7.60. The van der Waals surface area contributed by atoms with Crippen LogP contribution < -0.4 is 4.90 Å². The summed E-state index contributed by atoms with van der Waals surface area (Å²) in [7, 11) is 0. The van der Waals surface area contributed by atoms with Crippen LogP contribution >= 0.6 is 0 Å². The smallest absolute Gasteiger partial charge is 0.238 e. The van der Waals surface area contributed by atoms with E-state index >= 15 is 0 Å². The van der Waals surface area contributed by atoms with Gasteiger partial charge < -0.3 is 0 Å². The third-order valence-corrected chi connectivity index (χ3v) is 10.4. The molecule has 3 fully saturated rings. The average molecular weight is 466 g/mol. The van der Waals surface area contributed by atoms with Crippen LogP contribution in [0, 0.1) is 57.2 Å². The van der Waals surface area contributed by atoms with Crippen LogP contribution in [0.1, 0.15) is 88.5 Å². The largest absolute Gasteiger partial charge is 0.274 e. The van der Waals surface area contributed by atoms with Crippen molar-refractivity contribution in [2.75, 3.05) is 4.90 Å². The third kappa shape index (κ3) is 3.68. The van der Waals surface area contributed by atoms with Crippen LogP contribution in [0.4, 0.5) is 5.69 Å². The molecular weight excluding hydrogens is 418 g/mol. The maximum Gasteiger partial charge on any atom is 0.238 e. The molecule has 0 aromatic heterocycles. The Kier molecular flexibility index (Phi) is 5.94. The lowest BCUT2D eigenvalue weighted by molar-refractivity contribution is -0.141. The summed E-state index contributed by atoms with van der Waals surface area (Å²) in [4.78, 5) is 29.7. The minimum Gasteiger partial charge on any atom is -0.274 e. The minimum atomic E-state index is -0.338. The summed E-state index contributed by atoms with van der Waals surface area (Å²) in [6.07, 6.45) is 4.01. The van der Waals surface area contributed by atoms with Gasteiger partial charge in [0.2, 0.25) is 11.8 Å². The Bertz CT molecular complexity index is 946. The number of hydrogen-bond acceptors (Lipinski definition) is 2. The van der Waals surface area contributed by atoms with Crippen LogP contribution in [0.3, 0.4) is 0 Å². The molecule has 1 aromatic carbocycles. The molecule has 1 saturated heterocycles. The first-order valence-electron chi connectivity index (χ1n) is 13.4. The van der Waals surface area contributed by atoms with Crippen molar-refractivity contribution in [2.45, 2.75) is 88.5 Å². The van der Waals surface area contributed by atoms with E-state index in [4.69, 9.17) is 0 Å². The number of imide groups is 1. The Morgan fingerprint density at radius 1 is 0.647 bits per heavy atom. The summed E-state index contributed by atoms with van der Waals surface area (Å²) in [5, 5.41) is 0. The van der Waals surface area contributed by atoms with Crippen LogP contribution in [0.5, 0.6) is 0 Å². The molecule has 0 spiro atoms. The molecule has 6 unspecified atom stereocenters. The van der Waals surface area contributed by atoms with E-state index in [0.717, 1.165) is 11.8 Å². The lowest BCUT2D eigenvalue weighted by Crippen LogP contribution is -2.53. The van der Waals surface area contributed by atoms with Gasteiger partial charge in [0.05, 0.1) is 17.5 Å². The van der Waals surface area contributed by atoms with E-state index in [9.17, 15) is 9.59 Å². The fraction of sp³-hybridized carbons (Fsp3) is 0.742. The van der Waals surface area contributed by atoms with Gasteiger partial charge in [0.1, 0.15) is 0 Å². The molecule has 1 heterocycles. The van der Waals surface area contributed by atoms with Crippen LogP contribution in [0.15, 0.2) is 30.3 Å². The van der Waals surface area contributed by atoms with Gasteiger partial charge in [0, 0.05) is 0 Å². The van der Waals surface area contributed by atoms with Gasteiger partial charge >= 0.3 is 0 Å². The maximum atomic E-state index is 14.2. The molecule has 0 N–H and O–H groups in total. The first-order chi connectivity index (χ1) is 15.5. The molecule has 2 aliphatic carbocycles. The number of fused-ring (bicyclic) bond motifs is 2. The summed E-state index contributed by atoms with van der Waals surface area (Å²) in [6.45, 7) is 23.0. The number of carbonyl (C=O) groups is 2. The second-order valence-electron chi connectivity index (χ2n) is 14.9. The SMILES string of the molecule is CC(C)(C)C1C(=O)N(c2ccccc2)C(=O)C1C(C)(C)C(C)(C)C1C2CCC(C2)C1C(C)(C)C. The van der Waals surface area contributed by atoms with Gasteiger partial charge in [-0.3, -0.25) is 14.5 Å². The molecule has 1 aliphatic heterocycles. The van der Waals surface area contributed by atoms with Crippen molar-refractivity contribution in [1.29, 1.82) is 0 Å². The van der Waals surface area contributed by atoms with E-state index in [0.29, 0.717) is 17.5 Å². The van der Waals surface area contributed by atoms with Crippen molar-refractivity contribution in [2.24, 2.45) is 57.2 Å². The fourth-order valence-corrected chi connectivity index (χ4v) is 8.51. The van der Waals surface area contributed by atoms with Crippen molar-refractivity contribution < 1.29 is 9.59 Å². The van der Waals surface area contributed by atoms with Gasteiger partial charge in [-0.15, -0.1) is 0 Å². The topological polar surface area (TPSA) is 37.4 Å². The second-order valence-corrected chi connectivity index (χ2v) is 14.9. The molecule has 3 nitrogen and oxygen atoms in total. The highest BCUT2D eigenvalue weighted by Crippen LogP contribution is 2.68. The lowest BCUT2D eigenvalue weighted by Gasteiger charge is -2.56. The third-order valence-electron chi connectivity index (χ3n) is 10.4. The lowest BCUT2D eigenvalue weighted by atomic mass is 9.47. The van der Waals surface area contributed by atoms with Gasteiger partial charge in [-0.05, 0) is 76.7 Å². The zero-order valence-electron chi connectivity index (χ0n) is 23.2. The number of carbonyl (C=O) groups excluding carboxylic acids is 2. The molecule has 2 bridgehead atoms. The molecule has 3 aliphatic rings. The van der Waals surface area contributed by atoms with Crippen molar-refractivity contribution in [1.82, 2.24) is 0 Å². The number of rotatable bonds is 4. The highest BCUT2D eigenvalue weighted by molar-refractivity contribution is 6.22. The molecular formula is C31H47NO2. The van der Waals surface area contributed by atoms with E-state index in [-0.39, 0.29) is 45.3 Å². The van der Waals surface area contributed by atoms with Crippen LogP contribution in [0.25, 0.3) is 0 Å². The molecule has 4 rings (SSSR count). The molecule has 6 atom stereocenters. The highest BCUT2D eigenvalue weighted by Gasteiger charge is 2.66. The van der Waals surface area contributed by atoms with Crippen LogP contribution in [-0.2, 0) is 9.59 Å². The second kappa shape index (κ2) is 7.93. The van der Waals surface area contributed by atoms with Crippen LogP contribution in [-0.4, -0.2) is 11.8 Å². The monoisotopic (exact) mass is 465 g/mol. The molecule has 1 aromatic rings. The first-order valence-corrected chi connectivity index (χ1v) is 13.4. The van der Waals surface area contributed by atoms with E-state index in [2.05, 4.69) is 69.2 Å². The summed E-state index contributed by atoms with van der Waals surface area (Å²) in [6, 6.07) is 9.53. The predicted molar refractivity (Wildman–Crippen MR) is 140 cm³/mol. The van der Waals surface area contributed by atoms with Gasteiger partial charge in [-0.2, -0.15) is 0 Å². The molecule has 34 heavy (non-hydrogen) atoms. The van der Waals surface area contributed by atoms with Crippen molar-refractivity contribution in [3.63, 3.8) is 0 Å². The fourth-order valence-electron chi connectivity index (χ4n) is 8.51. The summed E-state index contributed by atoms with van der Waals surface area (Å²) in [5.41, 5.74) is 0.233. The van der Waals surface area contributed by atoms with Gasteiger partial charge in [-0.25, -0.2) is 0 Å². The van der Waals surface area contributed by atoms with E-state index in [1.807, 2.05) is 30.3 Å². The Labute approximate surface area is 208 Å². The number of nitrogens with zero attached hydrogens (tertiary/aromatic N) is 1. The van der Waals surface area contributed by atoms with Crippen molar-refractivity contribution >= 4 is 17.5 Å². The number of anilines is 1. The molecule has 2 saturated carbocycles. The summed E-state index contributed by atoms with van der Waals surface area (Å²) >= 11 is 0. The zero-order chi connectivity index (χ0) is 25.4. The molecule has 3 heteroatoms. The van der Waals surface area contributed by atoms with E-state index in [1.54, 1.807) is 0 Å². The van der Waals surface area contributed by atoms with E-state index in [1.165, 1.54) is 24.2 Å². The number of amides is 2. The number of benzene rings is 1. The van der Waals surface area contributed by atoms with Gasteiger partial charge in [0.25, 0.3) is 0 Å². The van der Waals surface area contributed by atoms with Crippen molar-refractivity contribution in [3.05, 3.63) is 30.3 Å². The van der Waals surface area contributed by atoms with Gasteiger partial charge in [0.15, 0.2) is 0 Å². The standard InChI is InChI=1S/C31H47NO2/c1-28(2,3)22-19-16-17-20(18-19)23(22)30(7,8)31(9,10)25-24(29(4,5)6)26(33)32(27(25)34)21-14-12-11-13-15-21/h11-15,19-20,22-25H,16-18H2,1-10H3. The average Bonchev–Trinajstić information content (AvgIpc) is 3.39. The molecule has 0 radical (unpaired) electrons. The Morgan fingerprint density at radius 3 is 1.65 bits per heavy atom. The Morgan fingerprint density at radius 2 is 1.15 bits per heavy atom. The summed E-state index contributed by atoms with van der Waals surface area (Å²) < 4.78 is 0. The zero-order valence-corrected chi connectivity index (χ0v) is 23.2. The summed E-state index contributed by atoms with van der Waals surface area (Å²) in [5.74, 6) is 2.04. The first kappa shape index (κ1) is 25.5. The maximum absolute atomic E-state index is 14.2. The normalized spacial score (nSPS) is 32.7. The number of hydrogen-bond donors (Lipinski definition) is 0. The molecule has 2 amide bonds. The highest BCUT2D eigenvalue weighted by atomic mass is 16.2. The Hall–Kier alpha value is -1.64. The molecule has 188 valence electrons. The number of para-hydroxylation sites is 1. The minimum absolute atomic E-state index is 0.00957. The van der Waals surface area contributed by atoms with E-state index < -0.39 is 0 Å². The quantitative estimate of drug-likeness (QED) is 0.429. The Balaban J connectivity index is 1.80. The van der Waals surface area contributed by atoms with Gasteiger partial charge in [-0.1, -0.05) is 87.4 Å².